The van der Waals surface area contributed by atoms with Crippen molar-refractivity contribution in [1.82, 2.24) is 0 Å². The highest BCUT2D eigenvalue weighted by molar-refractivity contribution is 6.42. The second kappa shape index (κ2) is 7.93. The fraction of sp³-hybridized carbons (Fsp3) is 0.278. The summed E-state index contributed by atoms with van der Waals surface area (Å²) >= 11 is 11.7. The fourth-order valence-electron chi connectivity index (χ4n) is 2.84. The van der Waals surface area contributed by atoms with Crippen molar-refractivity contribution in [2.45, 2.75) is 19.3 Å². The van der Waals surface area contributed by atoms with Crippen LogP contribution in [0.25, 0.3) is 0 Å². The zero-order valence-corrected chi connectivity index (χ0v) is 15.0. The highest BCUT2D eigenvalue weighted by atomic mass is 35.5. The number of piperidine rings is 1. The normalized spacial score (nSPS) is 14.3. The van der Waals surface area contributed by atoms with E-state index < -0.39 is 6.03 Å². The summed E-state index contributed by atoms with van der Waals surface area (Å²) in [5.74, 6) is -0.339. The predicted molar refractivity (Wildman–Crippen MR) is 102 cm³/mol. The molecule has 0 aromatic heterocycles. The second-order valence-corrected chi connectivity index (χ2v) is 6.74. The molecule has 2 N–H and O–H groups in total. The van der Waals surface area contributed by atoms with Gasteiger partial charge in [0.15, 0.2) is 0 Å². The third-order valence-electron chi connectivity index (χ3n) is 4.08. The van der Waals surface area contributed by atoms with E-state index in [1.165, 1.54) is 12.5 Å². The zero-order valence-electron chi connectivity index (χ0n) is 13.5. The molecule has 2 aromatic carbocycles. The Morgan fingerprint density at radius 3 is 2.20 bits per heavy atom. The van der Waals surface area contributed by atoms with Gasteiger partial charge in [-0.2, -0.15) is 0 Å². The van der Waals surface area contributed by atoms with Crippen molar-refractivity contribution < 1.29 is 9.18 Å². The molecule has 3 rings (SSSR count). The molecule has 4 nitrogen and oxygen atoms in total. The molecule has 1 aliphatic rings. The lowest BCUT2D eigenvalue weighted by atomic mass is 10.1. The summed E-state index contributed by atoms with van der Waals surface area (Å²) in [5.41, 5.74) is 1.46. The topological polar surface area (TPSA) is 44.4 Å². The lowest BCUT2D eigenvalue weighted by Crippen LogP contribution is -2.30. The first-order valence-electron chi connectivity index (χ1n) is 8.10. The van der Waals surface area contributed by atoms with E-state index in [2.05, 4.69) is 10.6 Å². The van der Waals surface area contributed by atoms with Crippen molar-refractivity contribution in [2.24, 2.45) is 0 Å². The van der Waals surface area contributed by atoms with Crippen LogP contribution in [0.2, 0.25) is 10.0 Å². The minimum atomic E-state index is -0.483. The molecular weight excluding hydrogens is 364 g/mol. The van der Waals surface area contributed by atoms with E-state index in [0.717, 1.165) is 25.9 Å². The quantitative estimate of drug-likeness (QED) is 0.708. The Morgan fingerprint density at radius 2 is 1.56 bits per heavy atom. The van der Waals surface area contributed by atoms with E-state index >= 15 is 0 Å². The lowest BCUT2D eigenvalue weighted by Gasteiger charge is -2.29. The number of hydrogen-bond acceptors (Lipinski definition) is 2. The van der Waals surface area contributed by atoms with Gasteiger partial charge in [0.25, 0.3) is 0 Å². The third-order valence-corrected chi connectivity index (χ3v) is 4.82. The predicted octanol–water partition coefficient (Wildman–Crippen LogP) is 5.77. The van der Waals surface area contributed by atoms with E-state index in [-0.39, 0.29) is 5.82 Å². The van der Waals surface area contributed by atoms with E-state index in [0.29, 0.717) is 27.1 Å². The number of carbonyl (C=O) groups excluding carboxylic acids is 1. The molecule has 0 bridgehead atoms. The minimum Gasteiger partial charge on any atom is -0.369 e. The number of anilines is 3. The average molecular weight is 382 g/mol. The summed E-state index contributed by atoms with van der Waals surface area (Å²) in [4.78, 5) is 14.1. The molecule has 0 aliphatic carbocycles. The van der Waals surface area contributed by atoms with Gasteiger partial charge in [-0.3, -0.25) is 0 Å². The van der Waals surface area contributed by atoms with Crippen LogP contribution in [0.4, 0.5) is 26.2 Å². The van der Waals surface area contributed by atoms with Crippen molar-refractivity contribution in [1.29, 1.82) is 0 Å². The van der Waals surface area contributed by atoms with Crippen LogP contribution in [0, 0.1) is 5.82 Å². The average Bonchev–Trinajstić information content (AvgIpc) is 2.59. The number of halogens is 3. The summed E-state index contributed by atoms with van der Waals surface area (Å²) in [6, 6.07) is 9.02. The monoisotopic (exact) mass is 381 g/mol. The molecule has 1 fully saturated rings. The van der Waals surface area contributed by atoms with Crippen LogP contribution in [-0.4, -0.2) is 19.1 Å². The Morgan fingerprint density at radius 1 is 0.920 bits per heavy atom. The maximum Gasteiger partial charge on any atom is 0.323 e. The molecular formula is C18H18Cl2FN3O. The van der Waals surface area contributed by atoms with Crippen LogP contribution in [0.15, 0.2) is 36.4 Å². The van der Waals surface area contributed by atoms with Gasteiger partial charge in [0.1, 0.15) is 5.82 Å². The summed E-state index contributed by atoms with van der Waals surface area (Å²) in [5, 5.41) is 5.99. The zero-order chi connectivity index (χ0) is 17.8. The largest absolute Gasteiger partial charge is 0.369 e. The van der Waals surface area contributed by atoms with E-state index in [1.54, 1.807) is 30.3 Å². The number of amides is 2. The molecule has 1 saturated heterocycles. The Bertz CT molecular complexity index is 779. The van der Waals surface area contributed by atoms with Crippen LogP contribution >= 0.6 is 23.2 Å². The minimum absolute atomic E-state index is 0.339. The number of urea groups is 1. The molecule has 0 radical (unpaired) electrons. The van der Waals surface area contributed by atoms with Gasteiger partial charge in [-0.15, -0.1) is 0 Å². The van der Waals surface area contributed by atoms with Crippen molar-refractivity contribution in [2.75, 3.05) is 28.6 Å². The highest BCUT2D eigenvalue weighted by Gasteiger charge is 2.15. The van der Waals surface area contributed by atoms with Gasteiger partial charge in [-0.25, -0.2) is 9.18 Å². The Balaban J connectivity index is 1.64. The van der Waals surface area contributed by atoms with Gasteiger partial charge in [0.2, 0.25) is 0 Å². The molecule has 0 spiro atoms. The Kier molecular flexibility index (Phi) is 5.66. The molecule has 0 atom stereocenters. The van der Waals surface area contributed by atoms with Crippen molar-refractivity contribution in [3.8, 4) is 0 Å². The molecule has 1 aliphatic heterocycles. The first-order valence-corrected chi connectivity index (χ1v) is 8.86. The van der Waals surface area contributed by atoms with Crippen molar-refractivity contribution in [3.63, 3.8) is 0 Å². The number of benzene rings is 2. The van der Waals surface area contributed by atoms with Gasteiger partial charge < -0.3 is 15.5 Å². The van der Waals surface area contributed by atoms with Crippen LogP contribution in [0.3, 0.4) is 0 Å². The van der Waals surface area contributed by atoms with Gasteiger partial charge in [0.05, 0.1) is 15.7 Å². The van der Waals surface area contributed by atoms with Gasteiger partial charge in [-0.05, 0) is 55.7 Å². The molecule has 0 unspecified atom stereocenters. The number of nitrogens with one attached hydrogen (secondary N) is 2. The van der Waals surface area contributed by atoms with Crippen LogP contribution < -0.4 is 15.5 Å². The summed E-state index contributed by atoms with van der Waals surface area (Å²) < 4.78 is 14.4. The van der Waals surface area contributed by atoms with Gasteiger partial charge in [0, 0.05) is 24.5 Å². The summed E-state index contributed by atoms with van der Waals surface area (Å²) in [6.45, 7) is 1.73. The SMILES string of the molecule is O=C(Nc1ccc(N2CCCCC2)c(F)c1)Nc1ccc(Cl)c(Cl)c1. The fourth-order valence-corrected chi connectivity index (χ4v) is 3.14. The maximum absolute atomic E-state index is 14.4. The Labute approximate surface area is 155 Å². The molecule has 132 valence electrons. The summed E-state index contributed by atoms with van der Waals surface area (Å²) in [7, 11) is 0. The molecule has 7 heteroatoms. The van der Waals surface area contributed by atoms with E-state index in [4.69, 9.17) is 23.2 Å². The van der Waals surface area contributed by atoms with E-state index in [9.17, 15) is 9.18 Å². The molecule has 1 heterocycles. The van der Waals surface area contributed by atoms with E-state index in [1.807, 2.05) is 4.90 Å². The molecule has 2 aromatic rings. The standard InChI is InChI=1S/C18H18Cl2FN3O/c19-14-6-4-12(10-15(14)20)22-18(25)23-13-5-7-17(16(21)11-13)24-8-2-1-3-9-24/h4-7,10-11H,1-3,8-9H2,(H2,22,23,25). The van der Waals surface area contributed by atoms with Crippen LogP contribution in [0.5, 0.6) is 0 Å². The third kappa shape index (κ3) is 4.55. The maximum atomic E-state index is 14.4. The smallest absolute Gasteiger partial charge is 0.323 e. The number of hydrogen-bond donors (Lipinski definition) is 2. The van der Waals surface area contributed by atoms with Crippen LogP contribution in [-0.2, 0) is 0 Å². The highest BCUT2D eigenvalue weighted by Crippen LogP contribution is 2.27. The number of rotatable bonds is 3. The molecule has 25 heavy (non-hydrogen) atoms. The molecule has 2 amide bonds. The van der Waals surface area contributed by atoms with Gasteiger partial charge in [-0.1, -0.05) is 23.2 Å². The van der Waals surface area contributed by atoms with Gasteiger partial charge >= 0.3 is 6.03 Å². The van der Waals surface area contributed by atoms with Crippen molar-refractivity contribution in [3.05, 3.63) is 52.3 Å². The Hall–Kier alpha value is -1.98. The first kappa shape index (κ1) is 17.8. The lowest BCUT2D eigenvalue weighted by molar-refractivity contribution is 0.262. The van der Waals surface area contributed by atoms with Crippen LogP contribution in [0.1, 0.15) is 19.3 Å². The first-order chi connectivity index (χ1) is 12.0. The number of nitrogens with zero attached hydrogens (tertiary/aromatic N) is 1. The van der Waals surface area contributed by atoms with Crippen molar-refractivity contribution >= 4 is 46.3 Å². The second-order valence-electron chi connectivity index (χ2n) is 5.92. The number of carbonyl (C=O) groups is 1. The summed E-state index contributed by atoms with van der Waals surface area (Å²) in [6.07, 6.45) is 3.34. The molecule has 0 saturated carbocycles.